The van der Waals surface area contributed by atoms with E-state index in [4.69, 9.17) is 16.1 Å². The summed E-state index contributed by atoms with van der Waals surface area (Å²) in [6.07, 6.45) is 0.899. The fourth-order valence-corrected chi connectivity index (χ4v) is 4.91. The van der Waals surface area contributed by atoms with Gasteiger partial charge in [-0.15, -0.1) is 0 Å². The molecule has 0 unspecified atom stereocenters. The Labute approximate surface area is 183 Å². The summed E-state index contributed by atoms with van der Waals surface area (Å²) in [5.41, 5.74) is 0.897. The summed E-state index contributed by atoms with van der Waals surface area (Å²) in [7, 11) is -3.76. The molecule has 1 aromatic heterocycles. The van der Waals surface area contributed by atoms with Gasteiger partial charge in [-0.3, -0.25) is 4.79 Å². The normalized spacial score (nSPS) is 15.2. The molecule has 0 radical (unpaired) electrons. The lowest BCUT2D eigenvalue weighted by Gasteiger charge is -2.31. The molecule has 1 saturated heterocycles. The van der Waals surface area contributed by atoms with Crippen molar-refractivity contribution in [3.05, 3.63) is 71.1 Å². The van der Waals surface area contributed by atoms with Gasteiger partial charge in [-0.05, 0) is 49.2 Å². The molecule has 2 heterocycles. The van der Waals surface area contributed by atoms with Gasteiger partial charge in [0.1, 0.15) is 5.82 Å². The Kier molecular flexibility index (Phi) is 6.08. The number of sulfonamides is 1. The standard InChI is InChI=1S/C21H19ClFN3O4S/c22-15-3-1-2-14(12-15)20-13-19(24-30-20)21(27)26-10-8-17(9-11-26)25-31(28,29)18-6-4-16(23)5-7-18/h1-7,12-13,17,25H,8-11H2. The third-order valence-electron chi connectivity index (χ3n) is 5.07. The highest BCUT2D eigenvalue weighted by Gasteiger charge is 2.28. The predicted octanol–water partition coefficient (Wildman–Crippen LogP) is 3.72. The molecule has 0 bridgehead atoms. The maximum Gasteiger partial charge on any atom is 0.276 e. The number of rotatable bonds is 5. The Bertz CT molecular complexity index is 1190. The number of carbonyl (C=O) groups is 1. The van der Waals surface area contributed by atoms with Crippen LogP contribution in [0.4, 0.5) is 4.39 Å². The number of benzene rings is 2. The number of nitrogens with zero attached hydrogens (tertiary/aromatic N) is 2. The van der Waals surface area contributed by atoms with Crippen LogP contribution in [0.25, 0.3) is 11.3 Å². The highest BCUT2D eigenvalue weighted by atomic mass is 35.5. The van der Waals surface area contributed by atoms with Crippen LogP contribution in [0.3, 0.4) is 0 Å². The molecule has 0 spiro atoms. The van der Waals surface area contributed by atoms with Crippen LogP contribution in [0.1, 0.15) is 23.3 Å². The molecule has 7 nitrogen and oxygen atoms in total. The van der Waals surface area contributed by atoms with E-state index < -0.39 is 15.8 Å². The van der Waals surface area contributed by atoms with Crippen LogP contribution in [-0.4, -0.2) is 43.5 Å². The van der Waals surface area contributed by atoms with Crippen LogP contribution >= 0.6 is 11.6 Å². The molecule has 1 N–H and O–H groups in total. The van der Waals surface area contributed by atoms with E-state index in [9.17, 15) is 17.6 Å². The van der Waals surface area contributed by atoms with Crippen LogP contribution in [-0.2, 0) is 10.0 Å². The van der Waals surface area contributed by atoms with Crippen molar-refractivity contribution in [2.24, 2.45) is 0 Å². The second-order valence-electron chi connectivity index (χ2n) is 7.23. The molecule has 31 heavy (non-hydrogen) atoms. The van der Waals surface area contributed by atoms with Crippen molar-refractivity contribution >= 4 is 27.5 Å². The van der Waals surface area contributed by atoms with Gasteiger partial charge in [-0.25, -0.2) is 17.5 Å². The average Bonchev–Trinajstić information content (AvgIpc) is 3.24. The first kappa shape index (κ1) is 21.5. The largest absolute Gasteiger partial charge is 0.355 e. The number of hydrogen-bond acceptors (Lipinski definition) is 5. The van der Waals surface area contributed by atoms with E-state index >= 15 is 0 Å². The fraction of sp³-hybridized carbons (Fsp3) is 0.238. The number of piperidine rings is 1. The number of aromatic nitrogens is 1. The van der Waals surface area contributed by atoms with Crippen molar-refractivity contribution in [1.29, 1.82) is 0 Å². The molecular formula is C21H19ClFN3O4S. The number of nitrogens with one attached hydrogen (secondary N) is 1. The first-order valence-corrected chi connectivity index (χ1v) is 11.5. The van der Waals surface area contributed by atoms with Gasteiger partial charge < -0.3 is 9.42 Å². The molecule has 0 atom stereocenters. The fourth-order valence-electron chi connectivity index (χ4n) is 3.42. The van der Waals surface area contributed by atoms with Crippen LogP contribution < -0.4 is 4.72 Å². The average molecular weight is 464 g/mol. The summed E-state index contributed by atoms with van der Waals surface area (Å²) >= 11 is 5.99. The summed E-state index contributed by atoms with van der Waals surface area (Å²) in [5.74, 6) is -0.346. The first-order valence-electron chi connectivity index (χ1n) is 9.62. The van der Waals surface area contributed by atoms with E-state index in [1.165, 1.54) is 12.1 Å². The van der Waals surface area contributed by atoms with Gasteiger partial charge in [0.2, 0.25) is 10.0 Å². The quantitative estimate of drug-likeness (QED) is 0.622. The Balaban J connectivity index is 1.36. The monoisotopic (exact) mass is 463 g/mol. The number of hydrogen-bond donors (Lipinski definition) is 1. The Hall–Kier alpha value is -2.75. The van der Waals surface area contributed by atoms with Crippen molar-refractivity contribution in [2.75, 3.05) is 13.1 Å². The Morgan fingerprint density at radius 1 is 1.13 bits per heavy atom. The molecule has 1 aliphatic rings. The zero-order chi connectivity index (χ0) is 22.0. The van der Waals surface area contributed by atoms with Crippen molar-refractivity contribution in [3.8, 4) is 11.3 Å². The summed E-state index contributed by atoms with van der Waals surface area (Å²) in [5, 5.41) is 4.42. The third-order valence-corrected chi connectivity index (χ3v) is 6.84. The lowest BCUT2D eigenvalue weighted by molar-refractivity contribution is 0.0701. The highest BCUT2D eigenvalue weighted by Crippen LogP contribution is 2.24. The minimum Gasteiger partial charge on any atom is -0.355 e. The van der Waals surface area contributed by atoms with Gasteiger partial charge >= 0.3 is 0 Å². The third kappa shape index (κ3) is 4.95. The maximum absolute atomic E-state index is 13.0. The summed E-state index contributed by atoms with van der Waals surface area (Å²) in [4.78, 5) is 14.4. The lowest BCUT2D eigenvalue weighted by Crippen LogP contribution is -2.46. The van der Waals surface area contributed by atoms with Crippen molar-refractivity contribution < 1.29 is 22.1 Å². The van der Waals surface area contributed by atoms with Crippen LogP contribution in [0.15, 0.2) is 64.0 Å². The molecule has 0 saturated carbocycles. The molecule has 1 aliphatic heterocycles. The second kappa shape index (κ2) is 8.78. The van der Waals surface area contributed by atoms with Crippen molar-refractivity contribution in [1.82, 2.24) is 14.8 Å². The molecule has 2 aromatic carbocycles. The number of amides is 1. The molecule has 3 aromatic rings. The van der Waals surface area contributed by atoms with E-state index in [2.05, 4.69) is 9.88 Å². The van der Waals surface area contributed by atoms with Crippen molar-refractivity contribution in [3.63, 3.8) is 0 Å². The van der Waals surface area contributed by atoms with E-state index in [0.29, 0.717) is 42.3 Å². The minimum absolute atomic E-state index is 0.00329. The van der Waals surface area contributed by atoms with E-state index in [1.807, 2.05) is 0 Å². The minimum atomic E-state index is -3.76. The van der Waals surface area contributed by atoms with E-state index in [1.54, 1.807) is 35.2 Å². The van der Waals surface area contributed by atoms with Gasteiger partial charge in [0.05, 0.1) is 4.90 Å². The Morgan fingerprint density at radius 2 is 1.84 bits per heavy atom. The first-order chi connectivity index (χ1) is 14.8. The lowest BCUT2D eigenvalue weighted by atomic mass is 10.1. The zero-order valence-electron chi connectivity index (χ0n) is 16.3. The van der Waals surface area contributed by atoms with Gasteiger partial charge in [0.15, 0.2) is 11.5 Å². The molecule has 0 aliphatic carbocycles. The molecule has 162 valence electrons. The van der Waals surface area contributed by atoms with E-state index in [0.717, 1.165) is 12.1 Å². The van der Waals surface area contributed by atoms with Crippen molar-refractivity contribution in [2.45, 2.75) is 23.8 Å². The molecule has 4 rings (SSSR count). The van der Waals surface area contributed by atoms with Gasteiger partial charge in [0, 0.05) is 35.8 Å². The molecule has 1 amide bonds. The molecular weight excluding hydrogens is 445 g/mol. The maximum atomic E-state index is 13.0. The number of likely N-dealkylation sites (tertiary alicyclic amines) is 1. The van der Waals surface area contributed by atoms with Gasteiger partial charge in [-0.2, -0.15) is 0 Å². The number of carbonyl (C=O) groups excluding carboxylic acids is 1. The summed E-state index contributed by atoms with van der Waals surface area (Å²) in [6, 6.07) is 12.9. The van der Waals surface area contributed by atoms with Crippen LogP contribution in [0, 0.1) is 5.82 Å². The predicted molar refractivity (Wildman–Crippen MR) is 113 cm³/mol. The van der Waals surface area contributed by atoms with Gasteiger partial charge in [0.25, 0.3) is 5.91 Å². The number of halogens is 2. The molecule has 1 fully saturated rings. The van der Waals surface area contributed by atoms with Crippen LogP contribution in [0.2, 0.25) is 5.02 Å². The topological polar surface area (TPSA) is 92.5 Å². The smallest absolute Gasteiger partial charge is 0.276 e. The highest BCUT2D eigenvalue weighted by molar-refractivity contribution is 7.89. The zero-order valence-corrected chi connectivity index (χ0v) is 17.9. The second-order valence-corrected chi connectivity index (χ2v) is 9.38. The SMILES string of the molecule is O=C(c1cc(-c2cccc(Cl)c2)on1)N1CCC(NS(=O)(=O)c2ccc(F)cc2)CC1. The van der Waals surface area contributed by atoms with Gasteiger partial charge in [-0.1, -0.05) is 28.9 Å². The summed E-state index contributed by atoms with van der Waals surface area (Å²) in [6.45, 7) is 0.740. The summed E-state index contributed by atoms with van der Waals surface area (Å²) < 4.78 is 45.9. The Morgan fingerprint density at radius 3 is 2.52 bits per heavy atom. The van der Waals surface area contributed by atoms with Crippen LogP contribution in [0.5, 0.6) is 0 Å². The van der Waals surface area contributed by atoms with E-state index in [-0.39, 0.29) is 22.5 Å². The molecule has 10 heteroatoms.